The molecule has 76 valence electrons. The van der Waals surface area contributed by atoms with Crippen molar-refractivity contribution in [2.75, 3.05) is 13.1 Å². The molecule has 13 heavy (non-hydrogen) atoms. The number of hydrogen-bond acceptors (Lipinski definition) is 2. The van der Waals surface area contributed by atoms with Crippen LogP contribution in [0.4, 0.5) is 0 Å². The van der Waals surface area contributed by atoms with Crippen molar-refractivity contribution in [2.45, 2.75) is 44.1 Å². The van der Waals surface area contributed by atoms with Gasteiger partial charge in [-0.1, -0.05) is 25.3 Å². The molecule has 0 aromatic heterocycles. The lowest BCUT2D eigenvalue weighted by Crippen LogP contribution is -2.52. The van der Waals surface area contributed by atoms with Crippen LogP contribution in [-0.2, 0) is 0 Å². The second-order valence-corrected chi connectivity index (χ2v) is 4.05. The highest BCUT2D eigenvalue weighted by Crippen LogP contribution is 2.26. The molecule has 0 aromatic rings. The van der Waals surface area contributed by atoms with Gasteiger partial charge >= 0.3 is 0 Å². The van der Waals surface area contributed by atoms with E-state index in [0.29, 0.717) is 0 Å². The summed E-state index contributed by atoms with van der Waals surface area (Å²) in [5.74, 6) is 0. The van der Waals surface area contributed by atoms with E-state index in [-0.39, 0.29) is 5.54 Å². The van der Waals surface area contributed by atoms with E-state index in [4.69, 9.17) is 5.73 Å². The van der Waals surface area contributed by atoms with Crippen LogP contribution in [0.15, 0.2) is 12.7 Å². The number of hydrogen-bond donors (Lipinski definition) is 2. The molecule has 0 heterocycles. The Morgan fingerprint density at radius 3 is 2.54 bits per heavy atom. The highest BCUT2D eigenvalue weighted by molar-refractivity contribution is 4.92. The lowest BCUT2D eigenvalue weighted by atomic mass is 9.81. The Kier molecular flexibility index (Phi) is 4.46. The molecule has 2 nitrogen and oxygen atoms in total. The summed E-state index contributed by atoms with van der Waals surface area (Å²) in [4.78, 5) is 0. The molecular formula is C11H22N2. The quantitative estimate of drug-likeness (QED) is 0.503. The maximum atomic E-state index is 5.83. The normalized spacial score (nSPS) is 21.3. The van der Waals surface area contributed by atoms with Gasteiger partial charge in [0.2, 0.25) is 0 Å². The second-order valence-electron chi connectivity index (χ2n) is 4.05. The molecule has 0 amide bonds. The Hall–Kier alpha value is -0.340. The van der Waals surface area contributed by atoms with E-state index in [1.54, 1.807) is 0 Å². The zero-order chi connectivity index (χ0) is 9.57. The van der Waals surface area contributed by atoms with Gasteiger partial charge in [0.1, 0.15) is 0 Å². The number of rotatable bonds is 5. The molecule has 1 rings (SSSR count). The van der Waals surface area contributed by atoms with Crippen LogP contribution in [0, 0.1) is 0 Å². The molecule has 1 aliphatic rings. The fourth-order valence-corrected chi connectivity index (χ4v) is 2.12. The molecule has 0 aromatic carbocycles. The van der Waals surface area contributed by atoms with E-state index in [2.05, 4.69) is 11.9 Å². The summed E-state index contributed by atoms with van der Waals surface area (Å²) in [5, 5.41) is 3.59. The highest BCUT2D eigenvalue weighted by atomic mass is 15.0. The van der Waals surface area contributed by atoms with Crippen LogP contribution in [-0.4, -0.2) is 18.6 Å². The molecule has 3 N–H and O–H groups in total. The molecule has 1 fully saturated rings. The average molecular weight is 182 g/mol. The smallest absolute Gasteiger partial charge is 0.0304 e. The Labute approximate surface area is 81.6 Å². The van der Waals surface area contributed by atoms with Crippen molar-refractivity contribution in [3.63, 3.8) is 0 Å². The third kappa shape index (κ3) is 3.12. The highest BCUT2D eigenvalue weighted by Gasteiger charge is 2.29. The van der Waals surface area contributed by atoms with Crippen LogP contribution in [0.1, 0.15) is 38.5 Å². The van der Waals surface area contributed by atoms with E-state index < -0.39 is 0 Å². The van der Waals surface area contributed by atoms with Gasteiger partial charge in [-0.25, -0.2) is 0 Å². The van der Waals surface area contributed by atoms with Crippen LogP contribution in [0.25, 0.3) is 0 Å². The van der Waals surface area contributed by atoms with E-state index in [1.807, 2.05) is 6.08 Å². The summed E-state index contributed by atoms with van der Waals surface area (Å²) in [6, 6.07) is 0. The predicted octanol–water partition coefficient (Wildman–Crippen LogP) is 1.81. The first kappa shape index (κ1) is 10.7. The Morgan fingerprint density at radius 2 is 2.00 bits per heavy atom. The molecule has 0 bridgehead atoms. The van der Waals surface area contributed by atoms with Gasteiger partial charge in [0.15, 0.2) is 0 Å². The zero-order valence-electron chi connectivity index (χ0n) is 8.52. The zero-order valence-corrected chi connectivity index (χ0v) is 8.52. The van der Waals surface area contributed by atoms with Crippen molar-refractivity contribution in [3.8, 4) is 0 Å². The van der Waals surface area contributed by atoms with Gasteiger partial charge in [-0.15, -0.1) is 6.58 Å². The predicted molar refractivity (Wildman–Crippen MR) is 57.7 cm³/mol. The first-order valence-corrected chi connectivity index (χ1v) is 5.39. The maximum Gasteiger partial charge on any atom is 0.0304 e. The maximum absolute atomic E-state index is 5.83. The lowest BCUT2D eigenvalue weighted by Gasteiger charge is -2.37. The summed E-state index contributed by atoms with van der Waals surface area (Å²) in [6.45, 7) is 5.53. The average Bonchev–Trinajstić information content (AvgIpc) is 2.20. The van der Waals surface area contributed by atoms with E-state index in [1.165, 1.54) is 32.1 Å². The van der Waals surface area contributed by atoms with Gasteiger partial charge in [-0.05, 0) is 25.8 Å². The van der Waals surface area contributed by atoms with Crippen molar-refractivity contribution >= 4 is 0 Å². The van der Waals surface area contributed by atoms with Crippen molar-refractivity contribution in [2.24, 2.45) is 5.73 Å². The van der Waals surface area contributed by atoms with E-state index in [9.17, 15) is 0 Å². The fourth-order valence-electron chi connectivity index (χ4n) is 2.12. The first-order valence-electron chi connectivity index (χ1n) is 5.39. The minimum Gasteiger partial charge on any atom is -0.329 e. The summed E-state index contributed by atoms with van der Waals surface area (Å²) in [5.41, 5.74) is 6.08. The Bertz CT molecular complexity index is 148. The van der Waals surface area contributed by atoms with Crippen LogP contribution < -0.4 is 11.1 Å². The topological polar surface area (TPSA) is 38.0 Å². The summed E-state index contributed by atoms with van der Waals surface area (Å²) in [6.07, 6.45) is 9.55. The fraction of sp³-hybridized carbons (Fsp3) is 0.818. The molecule has 0 atom stereocenters. The molecule has 0 spiro atoms. The number of nitrogens with one attached hydrogen (secondary N) is 1. The molecule has 1 aliphatic carbocycles. The van der Waals surface area contributed by atoms with Crippen molar-refractivity contribution in [1.29, 1.82) is 0 Å². The SMILES string of the molecule is C=CCCNC1(CN)CCCCC1. The molecule has 1 saturated carbocycles. The summed E-state index contributed by atoms with van der Waals surface area (Å²) in [7, 11) is 0. The third-order valence-electron chi connectivity index (χ3n) is 3.05. The third-order valence-corrected chi connectivity index (χ3v) is 3.05. The van der Waals surface area contributed by atoms with E-state index >= 15 is 0 Å². The van der Waals surface area contributed by atoms with Crippen LogP contribution in [0.3, 0.4) is 0 Å². The Balaban J connectivity index is 2.33. The molecule has 0 aliphatic heterocycles. The van der Waals surface area contributed by atoms with Gasteiger partial charge in [0.25, 0.3) is 0 Å². The van der Waals surface area contributed by atoms with Gasteiger partial charge in [0.05, 0.1) is 0 Å². The van der Waals surface area contributed by atoms with Gasteiger partial charge < -0.3 is 11.1 Å². The lowest BCUT2D eigenvalue weighted by molar-refractivity contribution is 0.241. The first-order chi connectivity index (χ1) is 6.33. The van der Waals surface area contributed by atoms with Gasteiger partial charge in [-0.3, -0.25) is 0 Å². The largest absolute Gasteiger partial charge is 0.329 e. The molecular weight excluding hydrogens is 160 g/mol. The number of nitrogens with two attached hydrogens (primary N) is 1. The van der Waals surface area contributed by atoms with Crippen molar-refractivity contribution in [3.05, 3.63) is 12.7 Å². The minimum absolute atomic E-state index is 0.251. The second kappa shape index (κ2) is 5.40. The minimum atomic E-state index is 0.251. The summed E-state index contributed by atoms with van der Waals surface area (Å²) >= 11 is 0. The van der Waals surface area contributed by atoms with Crippen LogP contribution in [0.2, 0.25) is 0 Å². The molecule has 0 saturated heterocycles. The molecule has 0 radical (unpaired) electrons. The van der Waals surface area contributed by atoms with Gasteiger partial charge in [0, 0.05) is 12.1 Å². The van der Waals surface area contributed by atoms with E-state index in [0.717, 1.165) is 19.5 Å². The molecule has 0 unspecified atom stereocenters. The van der Waals surface area contributed by atoms with Crippen molar-refractivity contribution in [1.82, 2.24) is 5.32 Å². The Morgan fingerprint density at radius 1 is 1.31 bits per heavy atom. The van der Waals surface area contributed by atoms with Crippen LogP contribution in [0.5, 0.6) is 0 Å². The van der Waals surface area contributed by atoms with Crippen LogP contribution >= 0.6 is 0 Å². The summed E-state index contributed by atoms with van der Waals surface area (Å²) < 4.78 is 0. The monoisotopic (exact) mass is 182 g/mol. The van der Waals surface area contributed by atoms with Gasteiger partial charge in [-0.2, -0.15) is 0 Å². The van der Waals surface area contributed by atoms with Crippen molar-refractivity contribution < 1.29 is 0 Å². The standard InChI is InChI=1S/C11H22N2/c1-2-3-9-13-11(10-12)7-5-4-6-8-11/h2,13H,1,3-10,12H2. The molecule has 2 heteroatoms.